The molecular weight excluding hydrogens is 318 g/mol. The number of aromatic nitrogens is 2. The lowest BCUT2D eigenvalue weighted by Crippen LogP contribution is -2.49. The first-order valence-electron chi connectivity index (χ1n) is 8.93. The van der Waals surface area contributed by atoms with Crippen molar-refractivity contribution in [3.05, 3.63) is 42.4 Å². The topological polar surface area (TPSA) is 66.5 Å². The number of aryl methyl sites for hydroxylation is 1. The van der Waals surface area contributed by atoms with Crippen molar-refractivity contribution in [3.8, 4) is 0 Å². The van der Waals surface area contributed by atoms with Gasteiger partial charge in [-0.05, 0) is 26.0 Å². The Bertz CT molecular complexity index is 659. The molecule has 0 bridgehead atoms. The smallest absolute Gasteiger partial charge is 0.234 e. The van der Waals surface area contributed by atoms with Crippen LogP contribution in [-0.4, -0.2) is 58.0 Å². The molecule has 136 valence electrons. The highest BCUT2D eigenvalue weighted by Crippen LogP contribution is 2.12. The lowest BCUT2D eigenvalue weighted by atomic mass is 10.2. The predicted molar refractivity (Wildman–Crippen MR) is 94.9 cm³/mol. The molecule has 1 fully saturated rings. The third-order valence-electron chi connectivity index (χ3n) is 4.69. The fourth-order valence-electron chi connectivity index (χ4n) is 3.18. The van der Waals surface area contributed by atoms with Gasteiger partial charge in [-0.1, -0.05) is 0 Å². The normalized spacial score (nSPS) is 17.5. The van der Waals surface area contributed by atoms with E-state index in [4.69, 9.17) is 4.42 Å². The monoisotopic (exact) mass is 345 g/mol. The number of furan rings is 1. The Balaban J connectivity index is 1.41. The lowest BCUT2D eigenvalue weighted by Gasteiger charge is -2.34. The van der Waals surface area contributed by atoms with Gasteiger partial charge in [-0.25, -0.2) is 4.98 Å². The Morgan fingerprint density at radius 3 is 2.76 bits per heavy atom. The van der Waals surface area contributed by atoms with Crippen LogP contribution in [0.4, 0.5) is 0 Å². The second kappa shape index (κ2) is 8.31. The van der Waals surface area contributed by atoms with E-state index in [1.807, 2.05) is 31.5 Å². The molecule has 1 aliphatic heterocycles. The molecule has 0 aromatic carbocycles. The number of carbonyl (C=O) groups excluding carboxylic acids is 1. The van der Waals surface area contributed by atoms with Crippen LogP contribution in [0.25, 0.3) is 0 Å². The zero-order valence-corrected chi connectivity index (χ0v) is 15.0. The summed E-state index contributed by atoms with van der Waals surface area (Å²) in [5.74, 6) is 1.93. The molecule has 3 heterocycles. The molecule has 0 spiro atoms. The highest BCUT2D eigenvalue weighted by Gasteiger charge is 2.21. The molecule has 0 saturated carbocycles. The van der Waals surface area contributed by atoms with Gasteiger partial charge in [0.2, 0.25) is 5.91 Å². The summed E-state index contributed by atoms with van der Waals surface area (Å²) in [5, 5.41) is 2.99. The van der Waals surface area contributed by atoms with Crippen LogP contribution in [-0.2, 0) is 17.9 Å². The van der Waals surface area contributed by atoms with Crippen LogP contribution >= 0.6 is 0 Å². The molecule has 0 radical (unpaired) electrons. The third kappa shape index (κ3) is 4.70. The van der Waals surface area contributed by atoms with Crippen molar-refractivity contribution in [1.82, 2.24) is 24.7 Å². The maximum absolute atomic E-state index is 12.2. The fourth-order valence-corrected chi connectivity index (χ4v) is 3.18. The zero-order valence-electron chi connectivity index (χ0n) is 15.0. The molecule has 25 heavy (non-hydrogen) atoms. The molecule has 1 aliphatic rings. The van der Waals surface area contributed by atoms with Crippen molar-refractivity contribution in [1.29, 1.82) is 0 Å². The predicted octanol–water partition coefficient (Wildman–Crippen LogP) is 1.49. The number of hydrogen-bond donors (Lipinski definition) is 1. The van der Waals surface area contributed by atoms with E-state index >= 15 is 0 Å². The second-order valence-electron chi connectivity index (χ2n) is 6.49. The Hall–Kier alpha value is -2.12. The molecule has 1 N–H and O–H groups in total. The summed E-state index contributed by atoms with van der Waals surface area (Å²) in [6.45, 7) is 10.0. The molecule has 7 heteroatoms. The minimum Gasteiger partial charge on any atom is -0.467 e. The van der Waals surface area contributed by atoms with Crippen molar-refractivity contribution in [2.75, 3.05) is 32.7 Å². The first-order chi connectivity index (χ1) is 12.2. The van der Waals surface area contributed by atoms with Crippen LogP contribution < -0.4 is 5.32 Å². The Labute approximate surface area is 148 Å². The van der Waals surface area contributed by atoms with E-state index in [1.54, 1.807) is 6.26 Å². The summed E-state index contributed by atoms with van der Waals surface area (Å²) in [4.78, 5) is 21.3. The molecule has 0 aliphatic carbocycles. The maximum Gasteiger partial charge on any atom is 0.234 e. The van der Waals surface area contributed by atoms with Gasteiger partial charge in [0.1, 0.15) is 11.6 Å². The minimum absolute atomic E-state index is 0.0406. The van der Waals surface area contributed by atoms with Crippen LogP contribution in [0.5, 0.6) is 0 Å². The summed E-state index contributed by atoms with van der Waals surface area (Å²) < 4.78 is 7.50. The number of imidazole rings is 1. The lowest BCUT2D eigenvalue weighted by molar-refractivity contribution is -0.123. The van der Waals surface area contributed by atoms with E-state index in [2.05, 4.69) is 31.6 Å². The van der Waals surface area contributed by atoms with E-state index in [9.17, 15) is 4.79 Å². The molecule has 1 amide bonds. The second-order valence-corrected chi connectivity index (χ2v) is 6.49. The van der Waals surface area contributed by atoms with E-state index in [0.717, 1.165) is 50.9 Å². The van der Waals surface area contributed by atoms with Crippen LogP contribution in [0.3, 0.4) is 0 Å². The van der Waals surface area contributed by atoms with Gasteiger partial charge in [-0.2, -0.15) is 0 Å². The van der Waals surface area contributed by atoms with Crippen LogP contribution in [0.1, 0.15) is 31.5 Å². The average molecular weight is 345 g/mol. The summed E-state index contributed by atoms with van der Waals surface area (Å²) in [6, 6.07) is 3.61. The molecule has 7 nitrogen and oxygen atoms in total. The number of nitrogens with zero attached hydrogens (tertiary/aromatic N) is 4. The maximum atomic E-state index is 12.2. The fraction of sp³-hybridized carbons (Fsp3) is 0.556. The number of carbonyl (C=O) groups is 1. The first-order valence-corrected chi connectivity index (χ1v) is 8.93. The first kappa shape index (κ1) is 17.7. The molecule has 1 atom stereocenters. The van der Waals surface area contributed by atoms with E-state index < -0.39 is 0 Å². The standard InChI is InChI=1S/C18H27N5O2/c1-3-23-7-6-19-17(23)13-21-8-10-22(11-9-21)14-18(24)20-15(2)16-5-4-12-25-16/h4-7,12,15H,3,8-11,13-14H2,1-2H3,(H,20,24)/t15-/m0/s1. The van der Waals surface area contributed by atoms with Gasteiger partial charge < -0.3 is 14.3 Å². The van der Waals surface area contributed by atoms with E-state index in [-0.39, 0.29) is 11.9 Å². The number of piperazine rings is 1. The van der Waals surface area contributed by atoms with Crippen LogP contribution in [0.2, 0.25) is 0 Å². The molecular formula is C18H27N5O2. The minimum atomic E-state index is -0.100. The largest absolute Gasteiger partial charge is 0.467 e. The van der Waals surface area contributed by atoms with Crippen molar-refractivity contribution >= 4 is 5.91 Å². The summed E-state index contributed by atoms with van der Waals surface area (Å²) >= 11 is 0. The number of amides is 1. The van der Waals surface area contributed by atoms with Crippen molar-refractivity contribution in [2.45, 2.75) is 33.0 Å². The number of hydrogen-bond acceptors (Lipinski definition) is 5. The van der Waals surface area contributed by atoms with Crippen LogP contribution in [0.15, 0.2) is 35.2 Å². The Kier molecular flexibility index (Phi) is 5.88. The van der Waals surface area contributed by atoms with Gasteiger partial charge in [-0.3, -0.25) is 14.6 Å². The van der Waals surface area contributed by atoms with Crippen molar-refractivity contribution in [2.24, 2.45) is 0 Å². The number of nitrogens with one attached hydrogen (secondary N) is 1. The van der Waals surface area contributed by atoms with Crippen molar-refractivity contribution < 1.29 is 9.21 Å². The third-order valence-corrected chi connectivity index (χ3v) is 4.69. The summed E-state index contributed by atoms with van der Waals surface area (Å²) in [7, 11) is 0. The Morgan fingerprint density at radius 1 is 1.32 bits per heavy atom. The molecule has 3 rings (SSSR count). The molecule has 0 unspecified atom stereocenters. The molecule has 2 aromatic rings. The zero-order chi connectivity index (χ0) is 17.6. The van der Waals surface area contributed by atoms with Gasteiger partial charge in [0.25, 0.3) is 0 Å². The molecule has 2 aromatic heterocycles. The van der Waals surface area contributed by atoms with Crippen LogP contribution in [0, 0.1) is 0 Å². The summed E-state index contributed by atoms with van der Waals surface area (Å²) in [6.07, 6.45) is 5.51. The van der Waals surface area contributed by atoms with Crippen molar-refractivity contribution in [3.63, 3.8) is 0 Å². The Morgan fingerprint density at radius 2 is 2.08 bits per heavy atom. The van der Waals surface area contributed by atoms with Gasteiger partial charge in [0, 0.05) is 45.1 Å². The average Bonchev–Trinajstić information content (AvgIpc) is 3.28. The SMILES string of the molecule is CCn1ccnc1CN1CCN(CC(=O)N[C@@H](C)c2ccco2)CC1. The quantitative estimate of drug-likeness (QED) is 0.824. The van der Waals surface area contributed by atoms with Gasteiger partial charge in [0.15, 0.2) is 0 Å². The molecule has 1 saturated heterocycles. The van der Waals surface area contributed by atoms with Gasteiger partial charge >= 0.3 is 0 Å². The highest BCUT2D eigenvalue weighted by atomic mass is 16.3. The van der Waals surface area contributed by atoms with E-state index in [1.165, 1.54) is 0 Å². The van der Waals surface area contributed by atoms with Gasteiger partial charge in [-0.15, -0.1) is 0 Å². The summed E-state index contributed by atoms with van der Waals surface area (Å²) in [5.41, 5.74) is 0. The highest BCUT2D eigenvalue weighted by molar-refractivity contribution is 5.78. The van der Waals surface area contributed by atoms with E-state index in [0.29, 0.717) is 6.54 Å². The number of rotatable bonds is 7. The van der Waals surface area contributed by atoms with Gasteiger partial charge in [0.05, 0.1) is 25.4 Å².